The molecule has 1 saturated carbocycles. The van der Waals surface area contributed by atoms with Crippen LogP contribution in [0.15, 0.2) is 36.7 Å². The average Bonchev–Trinajstić information content (AvgIpc) is 3.18. The fourth-order valence-corrected chi connectivity index (χ4v) is 3.37. The first-order valence-corrected chi connectivity index (χ1v) is 8.07. The molecule has 0 aliphatic heterocycles. The van der Waals surface area contributed by atoms with Gasteiger partial charge in [-0.2, -0.15) is 4.98 Å². The third kappa shape index (κ3) is 2.67. The minimum atomic E-state index is -0.252. The average molecular weight is 310 g/mol. The first kappa shape index (κ1) is 14.2. The zero-order chi connectivity index (χ0) is 15.8. The number of fused-ring (bicyclic) bond motifs is 1. The second-order valence-electron chi connectivity index (χ2n) is 6.22. The molecule has 2 heterocycles. The van der Waals surface area contributed by atoms with Crippen molar-refractivity contribution in [1.82, 2.24) is 14.5 Å². The van der Waals surface area contributed by atoms with Gasteiger partial charge in [-0.3, -0.25) is 0 Å². The molecule has 4 nitrogen and oxygen atoms in total. The summed E-state index contributed by atoms with van der Waals surface area (Å²) >= 11 is 0. The Hall–Kier alpha value is -2.43. The Labute approximate surface area is 134 Å². The van der Waals surface area contributed by atoms with Crippen LogP contribution < -0.4 is 5.32 Å². The Morgan fingerprint density at radius 1 is 1.17 bits per heavy atom. The number of rotatable bonds is 3. The third-order valence-electron chi connectivity index (χ3n) is 4.59. The van der Waals surface area contributed by atoms with Gasteiger partial charge in [0.25, 0.3) is 0 Å². The molecule has 1 aliphatic rings. The number of aromatic nitrogens is 3. The molecule has 0 atom stereocenters. The number of anilines is 2. The second kappa shape index (κ2) is 5.65. The minimum Gasteiger partial charge on any atom is -0.329 e. The molecule has 0 saturated heterocycles. The second-order valence-corrected chi connectivity index (χ2v) is 6.22. The molecule has 0 bridgehead atoms. The van der Waals surface area contributed by atoms with Gasteiger partial charge in [0, 0.05) is 29.5 Å². The van der Waals surface area contributed by atoms with E-state index in [1.165, 1.54) is 43.4 Å². The largest absolute Gasteiger partial charge is 0.329 e. The minimum absolute atomic E-state index is 0.252. The van der Waals surface area contributed by atoms with Crippen LogP contribution in [0.1, 0.15) is 37.3 Å². The summed E-state index contributed by atoms with van der Waals surface area (Å²) in [6.45, 7) is 2.10. The van der Waals surface area contributed by atoms with E-state index >= 15 is 0 Å². The number of nitrogens with one attached hydrogen (secondary N) is 1. The Balaban J connectivity index is 1.71. The number of aryl methyl sites for hydroxylation is 1. The van der Waals surface area contributed by atoms with E-state index < -0.39 is 0 Å². The normalized spacial score (nSPS) is 15.4. The van der Waals surface area contributed by atoms with Gasteiger partial charge >= 0.3 is 0 Å². The fourth-order valence-electron chi connectivity index (χ4n) is 3.37. The molecule has 1 aromatic carbocycles. The molecule has 0 spiro atoms. The summed E-state index contributed by atoms with van der Waals surface area (Å²) in [6.07, 6.45) is 9.07. The van der Waals surface area contributed by atoms with E-state index in [4.69, 9.17) is 4.98 Å². The molecule has 2 aromatic heterocycles. The molecule has 0 unspecified atom stereocenters. The Kier molecular flexibility index (Phi) is 3.48. The number of hydrogen-bond acceptors (Lipinski definition) is 3. The van der Waals surface area contributed by atoms with E-state index in [9.17, 15) is 4.39 Å². The summed E-state index contributed by atoms with van der Waals surface area (Å²) in [5, 5.41) is 4.25. The van der Waals surface area contributed by atoms with Crippen molar-refractivity contribution in [3.63, 3.8) is 0 Å². The summed E-state index contributed by atoms with van der Waals surface area (Å²) in [7, 11) is 0. The predicted molar refractivity (Wildman–Crippen MR) is 89.5 cm³/mol. The lowest BCUT2D eigenvalue weighted by molar-refractivity contribution is 0.532. The third-order valence-corrected chi connectivity index (χ3v) is 4.59. The summed E-state index contributed by atoms with van der Waals surface area (Å²) in [5.41, 5.74) is 2.97. The molecular formula is C18H19FN4. The quantitative estimate of drug-likeness (QED) is 0.760. The zero-order valence-electron chi connectivity index (χ0n) is 13.1. The van der Waals surface area contributed by atoms with Crippen LogP contribution in [-0.4, -0.2) is 14.5 Å². The lowest BCUT2D eigenvalue weighted by Crippen LogP contribution is -2.05. The fraction of sp³-hybridized carbons (Fsp3) is 0.333. The van der Waals surface area contributed by atoms with Gasteiger partial charge in [0.05, 0.1) is 0 Å². The number of benzene rings is 1. The molecule has 3 aromatic rings. The van der Waals surface area contributed by atoms with Crippen molar-refractivity contribution in [2.45, 2.75) is 38.6 Å². The molecule has 0 amide bonds. The van der Waals surface area contributed by atoms with Crippen LogP contribution in [0.2, 0.25) is 0 Å². The number of hydrogen-bond donors (Lipinski definition) is 1. The Bertz CT molecular complexity index is 832. The van der Waals surface area contributed by atoms with Crippen LogP contribution in [0, 0.1) is 12.7 Å². The van der Waals surface area contributed by atoms with E-state index in [1.807, 2.05) is 6.20 Å². The maximum atomic E-state index is 13.0. The van der Waals surface area contributed by atoms with Gasteiger partial charge in [-0.05, 0) is 49.6 Å². The highest BCUT2D eigenvalue weighted by atomic mass is 19.1. The van der Waals surface area contributed by atoms with E-state index in [0.717, 1.165) is 16.7 Å². The Morgan fingerprint density at radius 2 is 1.91 bits per heavy atom. The van der Waals surface area contributed by atoms with Crippen LogP contribution >= 0.6 is 0 Å². The zero-order valence-corrected chi connectivity index (χ0v) is 13.1. The summed E-state index contributed by atoms with van der Waals surface area (Å²) in [4.78, 5) is 9.10. The topological polar surface area (TPSA) is 42.7 Å². The summed E-state index contributed by atoms with van der Waals surface area (Å²) in [5.74, 6) is 0.291. The van der Waals surface area contributed by atoms with E-state index in [2.05, 4.69) is 28.0 Å². The molecule has 1 N–H and O–H groups in total. The summed E-state index contributed by atoms with van der Waals surface area (Å²) < 4.78 is 15.3. The van der Waals surface area contributed by atoms with Crippen molar-refractivity contribution in [3.8, 4) is 0 Å². The van der Waals surface area contributed by atoms with Crippen molar-refractivity contribution >= 4 is 22.7 Å². The monoisotopic (exact) mass is 310 g/mol. The molecular weight excluding hydrogens is 291 g/mol. The maximum Gasteiger partial charge on any atom is 0.229 e. The maximum absolute atomic E-state index is 13.0. The Morgan fingerprint density at radius 3 is 2.65 bits per heavy atom. The van der Waals surface area contributed by atoms with E-state index in [-0.39, 0.29) is 5.82 Å². The molecule has 1 aliphatic carbocycles. The standard InChI is InChI=1S/C18H19FN4/c1-12-11-23(15-4-2-3-5-15)17-16(12)10-20-18(22-17)21-14-8-6-13(19)7-9-14/h6-11,15H,2-5H2,1H3,(H,20,21,22). The van der Waals surface area contributed by atoms with Gasteiger partial charge in [-0.15, -0.1) is 0 Å². The summed E-state index contributed by atoms with van der Waals surface area (Å²) in [6, 6.07) is 6.76. The number of nitrogens with zero attached hydrogens (tertiary/aromatic N) is 3. The highest BCUT2D eigenvalue weighted by Gasteiger charge is 2.20. The van der Waals surface area contributed by atoms with Crippen LogP contribution in [0.4, 0.5) is 16.0 Å². The van der Waals surface area contributed by atoms with Crippen molar-refractivity contribution in [2.24, 2.45) is 0 Å². The lowest BCUT2D eigenvalue weighted by Gasteiger charge is -2.13. The van der Waals surface area contributed by atoms with Crippen molar-refractivity contribution in [2.75, 3.05) is 5.32 Å². The molecule has 1 fully saturated rings. The van der Waals surface area contributed by atoms with Crippen LogP contribution in [0.3, 0.4) is 0 Å². The van der Waals surface area contributed by atoms with Crippen molar-refractivity contribution < 1.29 is 4.39 Å². The highest BCUT2D eigenvalue weighted by molar-refractivity contribution is 5.80. The van der Waals surface area contributed by atoms with E-state index in [1.54, 1.807) is 12.1 Å². The van der Waals surface area contributed by atoms with Gasteiger partial charge in [0.15, 0.2) is 0 Å². The molecule has 5 heteroatoms. The van der Waals surface area contributed by atoms with Crippen LogP contribution in [-0.2, 0) is 0 Å². The first-order valence-electron chi connectivity index (χ1n) is 8.07. The SMILES string of the molecule is Cc1cn(C2CCCC2)c2nc(Nc3ccc(F)cc3)ncc12. The molecule has 0 radical (unpaired) electrons. The van der Waals surface area contributed by atoms with Crippen LogP contribution in [0.25, 0.3) is 11.0 Å². The molecule has 4 rings (SSSR count). The van der Waals surface area contributed by atoms with Crippen molar-refractivity contribution in [3.05, 3.63) is 48.0 Å². The van der Waals surface area contributed by atoms with Gasteiger partial charge < -0.3 is 9.88 Å². The van der Waals surface area contributed by atoms with Gasteiger partial charge in [0.1, 0.15) is 11.5 Å². The highest BCUT2D eigenvalue weighted by Crippen LogP contribution is 2.33. The smallest absolute Gasteiger partial charge is 0.229 e. The van der Waals surface area contributed by atoms with Gasteiger partial charge in [-0.1, -0.05) is 12.8 Å². The molecule has 118 valence electrons. The van der Waals surface area contributed by atoms with E-state index in [0.29, 0.717) is 12.0 Å². The number of halogens is 1. The van der Waals surface area contributed by atoms with Crippen LogP contribution in [0.5, 0.6) is 0 Å². The predicted octanol–water partition coefficient (Wildman–Crippen LogP) is 4.74. The first-order chi connectivity index (χ1) is 11.2. The van der Waals surface area contributed by atoms with Crippen molar-refractivity contribution in [1.29, 1.82) is 0 Å². The lowest BCUT2D eigenvalue weighted by atomic mass is 10.2. The van der Waals surface area contributed by atoms with Gasteiger partial charge in [0.2, 0.25) is 5.95 Å². The molecule has 23 heavy (non-hydrogen) atoms. The van der Waals surface area contributed by atoms with Gasteiger partial charge in [-0.25, -0.2) is 9.37 Å².